The van der Waals surface area contributed by atoms with E-state index in [0.29, 0.717) is 17.9 Å². The van der Waals surface area contributed by atoms with Crippen molar-refractivity contribution in [2.24, 2.45) is 0 Å². The van der Waals surface area contributed by atoms with Gasteiger partial charge in [-0.2, -0.15) is 5.26 Å². The Morgan fingerprint density at radius 1 is 1.07 bits per heavy atom. The molecule has 0 aliphatic rings. The van der Waals surface area contributed by atoms with Crippen LogP contribution in [0.15, 0.2) is 72.1 Å². The molecular formula is C22H17NO3S. The van der Waals surface area contributed by atoms with Crippen LogP contribution in [0.1, 0.15) is 16.0 Å². The molecule has 134 valence electrons. The zero-order valence-corrected chi connectivity index (χ0v) is 15.3. The molecule has 2 aromatic carbocycles. The Bertz CT molecular complexity index is 957. The van der Waals surface area contributed by atoms with Crippen LogP contribution in [0.4, 0.5) is 0 Å². The maximum Gasteiger partial charge on any atom is 0.340 e. The average molecular weight is 375 g/mol. The second-order valence-corrected chi connectivity index (χ2v) is 6.56. The minimum atomic E-state index is -0.519. The first kappa shape index (κ1) is 18.4. The van der Waals surface area contributed by atoms with Crippen molar-refractivity contribution in [2.45, 2.75) is 6.61 Å². The number of thiophene rings is 1. The van der Waals surface area contributed by atoms with Crippen LogP contribution in [0, 0.1) is 11.3 Å². The van der Waals surface area contributed by atoms with Crippen molar-refractivity contribution in [3.63, 3.8) is 0 Å². The number of ether oxygens (including phenoxy) is 2. The Kier molecular flexibility index (Phi) is 6.40. The SMILES string of the molecule is N#CCOC(=O)/C(=C\c1cccc(OCc2ccccc2)c1)c1cccs1. The third kappa shape index (κ3) is 5.30. The fourth-order valence-corrected chi connectivity index (χ4v) is 3.17. The number of carbonyl (C=O) groups is 1. The lowest BCUT2D eigenvalue weighted by Gasteiger charge is -2.08. The van der Waals surface area contributed by atoms with Gasteiger partial charge in [-0.05, 0) is 40.8 Å². The summed E-state index contributed by atoms with van der Waals surface area (Å²) in [6, 6.07) is 22.9. The van der Waals surface area contributed by atoms with Gasteiger partial charge in [0.05, 0.1) is 5.57 Å². The maximum atomic E-state index is 12.3. The molecule has 5 heteroatoms. The molecule has 0 aliphatic heterocycles. The van der Waals surface area contributed by atoms with Gasteiger partial charge in [0, 0.05) is 4.88 Å². The van der Waals surface area contributed by atoms with Gasteiger partial charge in [0.25, 0.3) is 0 Å². The van der Waals surface area contributed by atoms with Crippen molar-refractivity contribution in [1.29, 1.82) is 5.26 Å². The zero-order chi connectivity index (χ0) is 18.9. The minimum absolute atomic E-state index is 0.276. The van der Waals surface area contributed by atoms with Crippen LogP contribution in [0.3, 0.4) is 0 Å². The van der Waals surface area contributed by atoms with Gasteiger partial charge in [0.2, 0.25) is 0 Å². The molecule has 0 aliphatic carbocycles. The average Bonchev–Trinajstić information content (AvgIpc) is 3.24. The van der Waals surface area contributed by atoms with Crippen molar-refractivity contribution in [3.05, 3.63) is 88.1 Å². The van der Waals surface area contributed by atoms with Gasteiger partial charge < -0.3 is 9.47 Å². The summed E-state index contributed by atoms with van der Waals surface area (Å²) >= 11 is 1.44. The summed E-state index contributed by atoms with van der Waals surface area (Å²) in [5.74, 6) is 0.193. The first-order valence-electron chi connectivity index (χ1n) is 8.33. The standard InChI is InChI=1S/C22H17NO3S/c23-11-12-25-22(24)20(21-10-5-13-27-21)15-18-8-4-9-19(14-18)26-16-17-6-2-1-3-7-17/h1-10,13-15H,12,16H2/b20-15-. The summed E-state index contributed by atoms with van der Waals surface area (Å²) < 4.78 is 10.8. The highest BCUT2D eigenvalue weighted by atomic mass is 32.1. The lowest BCUT2D eigenvalue weighted by molar-refractivity contribution is -0.135. The largest absolute Gasteiger partial charge is 0.489 e. The Hall–Kier alpha value is -3.36. The summed E-state index contributed by atoms with van der Waals surface area (Å²) in [5.41, 5.74) is 2.32. The van der Waals surface area contributed by atoms with Gasteiger partial charge in [-0.1, -0.05) is 48.5 Å². The summed E-state index contributed by atoms with van der Waals surface area (Å²) in [7, 11) is 0. The zero-order valence-electron chi connectivity index (χ0n) is 14.5. The topological polar surface area (TPSA) is 59.3 Å². The van der Waals surface area contributed by atoms with Crippen LogP contribution in [0.2, 0.25) is 0 Å². The van der Waals surface area contributed by atoms with Gasteiger partial charge >= 0.3 is 5.97 Å². The highest BCUT2D eigenvalue weighted by molar-refractivity contribution is 7.11. The molecule has 3 rings (SSSR count). The van der Waals surface area contributed by atoms with Crippen molar-refractivity contribution in [1.82, 2.24) is 0 Å². The third-order valence-electron chi connectivity index (χ3n) is 3.69. The number of esters is 1. The first-order valence-corrected chi connectivity index (χ1v) is 9.20. The molecule has 1 heterocycles. The summed E-state index contributed by atoms with van der Waals surface area (Å²) in [4.78, 5) is 13.1. The van der Waals surface area contributed by atoms with Gasteiger partial charge in [0.1, 0.15) is 18.4 Å². The van der Waals surface area contributed by atoms with E-state index in [1.54, 1.807) is 6.08 Å². The molecule has 0 atom stereocenters. The molecule has 0 bridgehead atoms. The predicted molar refractivity (Wildman–Crippen MR) is 106 cm³/mol. The fourth-order valence-electron chi connectivity index (χ4n) is 2.44. The molecule has 0 fully saturated rings. The first-order chi connectivity index (χ1) is 13.3. The van der Waals surface area contributed by atoms with Crippen molar-refractivity contribution in [3.8, 4) is 11.8 Å². The molecule has 0 saturated heterocycles. The van der Waals surface area contributed by atoms with E-state index in [2.05, 4.69) is 0 Å². The Balaban J connectivity index is 1.80. The van der Waals surface area contributed by atoms with Crippen LogP contribution in [0.5, 0.6) is 5.75 Å². The molecule has 3 aromatic rings. The molecule has 0 amide bonds. The van der Waals surface area contributed by atoms with E-state index < -0.39 is 5.97 Å². The van der Waals surface area contributed by atoms with Crippen LogP contribution < -0.4 is 4.74 Å². The minimum Gasteiger partial charge on any atom is -0.489 e. The molecule has 0 spiro atoms. The smallest absolute Gasteiger partial charge is 0.340 e. The summed E-state index contributed by atoms with van der Waals surface area (Å²) in [5, 5.41) is 10.5. The summed E-state index contributed by atoms with van der Waals surface area (Å²) in [6.07, 6.45) is 1.75. The second kappa shape index (κ2) is 9.37. The maximum absolute atomic E-state index is 12.3. The predicted octanol–water partition coefficient (Wildman–Crippen LogP) is 4.93. The van der Waals surface area contributed by atoms with E-state index in [0.717, 1.165) is 16.0 Å². The lowest BCUT2D eigenvalue weighted by Crippen LogP contribution is -2.06. The van der Waals surface area contributed by atoms with E-state index in [1.807, 2.05) is 78.2 Å². The molecule has 0 unspecified atom stereocenters. The van der Waals surface area contributed by atoms with Crippen LogP contribution in [-0.2, 0) is 16.1 Å². The number of benzene rings is 2. The van der Waals surface area contributed by atoms with E-state index in [1.165, 1.54) is 11.3 Å². The second-order valence-electron chi connectivity index (χ2n) is 5.62. The van der Waals surface area contributed by atoms with E-state index >= 15 is 0 Å². The van der Waals surface area contributed by atoms with E-state index in [9.17, 15) is 4.79 Å². The highest BCUT2D eigenvalue weighted by Crippen LogP contribution is 2.25. The number of nitriles is 1. The lowest BCUT2D eigenvalue weighted by atomic mass is 10.1. The van der Waals surface area contributed by atoms with Gasteiger partial charge in [-0.3, -0.25) is 0 Å². The molecule has 0 N–H and O–H groups in total. The molecule has 27 heavy (non-hydrogen) atoms. The van der Waals surface area contributed by atoms with Gasteiger partial charge in [0.15, 0.2) is 6.61 Å². The number of hydrogen-bond acceptors (Lipinski definition) is 5. The Morgan fingerprint density at radius 2 is 1.93 bits per heavy atom. The number of rotatable bonds is 7. The van der Waals surface area contributed by atoms with Gasteiger partial charge in [-0.25, -0.2) is 4.79 Å². The molecular weight excluding hydrogens is 358 g/mol. The highest BCUT2D eigenvalue weighted by Gasteiger charge is 2.15. The molecule has 1 aromatic heterocycles. The van der Waals surface area contributed by atoms with Crippen molar-refractivity contribution >= 4 is 29.0 Å². The van der Waals surface area contributed by atoms with E-state index in [-0.39, 0.29) is 6.61 Å². The van der Waals surface area contributed by atoms with Crippen LogP contribution >= 0.6 is 11.3 Å². The third-order valence-corrected chi connectivity index (χ3v) is 4.59. The Labute approximate surface area is 161 Å². The van der Waals surface area contributed by atoms with Gasteiger partial charge in [-0.15, -0.1) is 11.3 Å². The normalized spacial score (nSPS) is 10.9. The fraction of sp³-hybridized carbons (Fsp3) is 0.0909. The van der Waals surface area contributed by atoms with Crippen molar-refractivity contribution in [2.75, 3.05) is 6.61 Å². The number of nitrogens with zero attached hydrogens (tertiary/aromatic N) is 1. The molecule has 0 radical (unpaired) electrons. The quantitative estimate of drug-likeness (QED) is 0.434. The van der Waals surface area contributed by atoms with Crippen LogP contribution in [-0.4, -0.2) is 12.6 Å². The van der Waals surface area contributed by atoms with Crippen molar-refractivity contribution < 1.29 is 14.3 Å². The Morgan fingerprint density at radius 3 is 2.67 bits per heavy atom. The monoisotopic (exact) mass is 375 g/mol. The molecule has 4 nitrogen and oxygen atoms in total. The number of hydrogen-bond donors (Lipinski definition) is 0. The molecule has 0 saturated carbocycles. The van der Waals surface area contributed by atoms with Crippen LogP contribution in [0.25, 0.3) is 11.6 Å². The summed E-state index contributed by atoms with van der Waals surface area (Å²) in [6.45, 7) is 0.192. The number of carbonyl (C=O) groups excluding carboxylic acids is 1. The van der Waals surface area contributed by atoms with E-state index in [4.69, 9.17) is 14.7 Å².